The number of aromatic nitrogens is 1. The molecule has 0 aliphatic carbocycles. The fourth-order valence-corrected chi connectivity index (χ4v) is 3.57. The lowest BCUT2D eigenvalue weighted by Crippen LogP contribution is -2.45. The van der Waals surface area contributed by atoms with Crippen molar-refractivity contribution in [2.24, 2.45) is 0 Å². The second-order valence-electron chi connectivity index (χ2n) is 7.06. The van der Waals surface area contributed by atoms with E-state index in [9.17, 15) is 5.11 Å². The van der Waals surface area contributed by atoms with Crippen LogP contribution < -0.4 is 4.74 Å². The maximum Gasteiger partial charge on any atom is 0.128 e. The predicted octanol–water partition coefficient (Wildman–Crippen LogP) is 2.37. The Kier molecular flexibility index (Phi) is 7.02. The third-order valence-electron chi connectivity index (χ3n) is 5.27. The van der Waals surface area contributed by atoms with Crippen molar-refractivity contribution in [3.8, 4) is 5.75 Å². The van der Waals surface area contributed by atoms with E-state index in [4.69, 9.17) is 4.74 Å². The number of aliphatic hydroxyl groups excluding tert-OH is 1. The van der Waals surface area contributed by atoms with Crippen LogP contribution in [0.2, 0.25) is 0 Å². The number of likely N-dealkylation sites (tertiary alicyclic amines) is 1. The van der Waals surface area contributed by atoms with Gasteiger partial charge >= 0.3 is 0 Å². The van der Waals surface area contributed by atoms with Gasteiger partial charge in [0.25, 0.3) is 0 Å². The number of nitrogens with zero attached hydrogens (tertiary/aromatic N) is 3. The first-order valence-electron chi connectivity index (χ1n) is 9.06. The summed E-state index contributed by atoms with van der Waals surface area (Å²) >= 11 is 0. The topological polar surface area (TPSA) is 48.8 Å². The van der Waals surface area contributed by atoms with Gasteiger partial charge in [-0.2, -0.15) is 0 Å². The Hall–Kier alpha value is -1.17. The Morgan fingerprint density at radius 1 is 1.38 bits per heavy atom. The monoisotopic (exact) mass is 335 g/mol. The molecule has 1 saturated heterocycles. The third kappa shape index (κ3) is 4.68. The summed E-state index contributed by atoms with van der Waals surface area (Å²) in [4.78, 5) is 9.42. The van der Waals surface area contributed by atoms with Gasteiger partial charge in [-0.25, -0.2) is 0 Å². The molecule has 1 N–H and O–H groups in total. The van der Waals surface area contributed by atoms with Crippen LogP contribution in [-0.2, 0) is 6.54 Å². The highest BCUT2D eigenvalue weighted by atomic mass is 16.5. The van der Waals surface area contributed by atoms with Crippen molar-refractivity contribution in [1.29, 1.82) is 0 Å². The van der Waals surface area contributed by atoms with Gasteiger partial charge in [0, 0.05) is 49.5 Å². The normalized spacial score (nSPS) is 18.1. The van der Waals surface area contributed by atoms with E-state index in [2.05, 4.69) is 28.8 Å². The fourth-order valence-electron chi connectivity index (χ4n) is 3.57. The van der Waals surface area contributed by atoms with Crippen molar-refractivity contribution in [2.45, 2.75) is 58.7 Å². The number of rotatable bonds is 7. The number of methoxy groups -OCH3 is 1. The van der Waals surface area contributed by atoms with Crippen LogP contribution in [0.5, 0.6) is 5.75 Å². The maximum atomic E-state index is 9.84. The molecule has 5 nitrogen and oxygen atoms in total. The second kappa shape index (κ2) is 8.79. The van der Waals surface area contributed by atoms with Gasteiger partial charge in [0.1, 0.15) is 5.75 Å². The number of likely N-dealkylation sites (N-methyl/N-ethyl adjacent to an activating group) is 1. The molecule has 0 bridgehead atoms. The molecule has 136 valence electrons. The van der Waals surface area contributed by atoms with Crippen molar-refractivity contribution < 1.29 is 9.84 Å². The SMILES string of the molecule is CCC(O)CN(C)C1CCN(Cc2ncc(C)c(OC)c2C)CC1. The number of ether oxygens (including phenoxy) is 1. The highest BCUT2D eigenvalue weighted by molar-refractivity contribution is 5.41. The Morgan fingerprint density at radius 3 is 2.62 bits per heavy atom. The molecule has 1 aromatic rings. The number of hydrogen-bond donors (Lipinski definition) is 1. The molecule has 0 saturated carbocycles. The van der Waals surface area contributed by atoms with Crippen molar-refractivity contribution in [2.75, 3.05) is 33.8 Å². The van der Waals surface area contributed by atoms with Gasteiger partial charge in [0.2, 0.25) is 0 Å². The van der Waals surface area contributed by atoms with E-state index in [1.807, 2.05) is 20.0 Å². The van der Waals surface area contributed by atoms with E-state index in [0.717, 1.165) is 68.0 Å². The highest BCUT2D eigenvalue weighted by Crippen LogP contribution is 2.26. The third-order valence-corrected chi connectivity index (χ3v) is 5.27. The van der Waals surface area contributed by atoms with Crippen molar-refractivity contribution >= 4 is 0 Å². The van der Waals surface area contributed by atoms with Crippen molar-refractivity contribution in [1.82, 2.24) is 14.8 Å². The summed E-state index contributed by atoms with van der Waals surface area (Å²) in [5.74, 6) is 0.961. The van der Waals surface area contributed by atoms with Crippen LogP contribution in [0.3, 0.4) is 0 Å². The minimum atomic E-state index is -0.208. The quantitative estimate of drug-likeness (QED) is 0.829. The summed E-state index contributed by atoms with van der Waals surface area (Å²) in [5, 5.41) is 9.84. The molecule has 1 unspecified atom stereocenters. The number of aliphatic hydroxyl groups is 1. The van der Waals surface area contributed by atoms with Crippen molar-refractivity contribution in [3.63, 3.8) is 0 Å². The molecule has 0 radical (unpaired) electrons. The molecule has 1 fully saturated rings. The first-order chi connectivity index (χ1) is 11.5. The van der Waals surface area contributed by atoms with Crippen LogP contribution in [0.1, 0.15) is 43.0 Å². The minimum absolute atomic E-state index is 0.208. The maximum absolute atomic E-state index is 9.84. The average Bonchev–Trinajstić information content (AvgIpc) is 2.58. The molecule has 0 aromatic carbocycles. The molecule has 1 aromatic heterocycles. The van der Waals surface area contributed by atoms with Gasteiger partial charge in [0.05, 0.1) is 18.9 Å². The first kappa shape index (κ1) is 19.2. The van der Waals surface area contributed by atoms with Gasteiger partial charge in [-0.15, -0.1) is 0 Å². The zero-order chi connectivity index (χ0) is 17.7. The van der Waals surface area contributed by atoms with E-state index in [1.54, 1.807) is 7.11 Å². The van der Waals surface area contributed by atoms with Crippen LogP contribution >= 0.6 is 0 Å². The molecule has 24 heavy (non-hydrogen) atoms. The Labute approximate surface area is 146 Å². The summed E-state index contributed by atoms with van der Waals surface area (Å²) in [6, 6.07) is 0.573. The summed E-state index contributed by atoms with van der Waals surface area (Å²) in [5.41, 5.74) is 3.36. The summed E-state index contributed by atoms with van der Waals surface area (Å²) in [6.45, 7) is 9.98. The van der Waals surface area contributed by atoms with E-state index in [0.29, 0.717) is 6.04 Å². The van der Waals surface area contributed by atoms with Crippen LogP contribution in [0.25, 0.3) is 0 Å². The molecule has 5 heteroatoms. The van der Waals surface area contributed by atoms with Crippen LogP contribution in [-0.4, -0.2) is 65.8 Å². The molecule has 2 rings (SSSR count). The lowest BCUT2D eigenvalue weighted by atomic mass is 10.0. The molecular formula is C19H33N3O2. The lowest BCUT2D eigenvalue weighted by Gasteiger charge is -2.37. The number of hydrogen-bond acceptors (Lipinski definition) is 5. The predicted molar refractivity (Wildman–Crippen MR) is 97.5 cm³/mol. The van der Waals surface area contributed by atoms with Crippen molar-refractivity contribution in [3.05, 3.63) is 23.0 Å². The van der Waals surface area contributed by atoms with Gasteiger partial charge in [-0.1, -0.05) is 6.92 Å². The van der Waals surface area contributed by atoms with E-state index >= 15 is 0 Å². The van der Waals surface area contributed by atoms with E-state index in [1.165, 1.54) is 0 Å². The fraction of sp³-hybridized carbons (Fsp3) is 0.737. The van der Waals surface area contributed by atoms with Gasteiger partial charge < -0.3 is 14.7 Å². The molecule has 1 aliphatic rings. The van der Waals surface area contributed by atoms with Crippen LogP contribution in [0.15, 0.2) is 6.20 Å². The van der Waals surface area contributed by atoms with Crippen LogP contribution in [0.4, 0.5) is 0 Å². The average molecular weight is 335 g/mol. The van der Waals surface area contributed by atoms with Gasteiger partial charge in [0.15, 0.2) is 0 Å². The van der Waals surface area contributed by atoms with Crippen LogP contribution in [0, 0.1) is 13.8 Å². The number of piperidine rings is 1. The molecule has 2 heterocycles. The largest absolute Gasteiger partial charge is 0.496 e. The zero-order valence-electron chi connectivity index (χ0n) is 15.9. The zero-order valence-corrected chi connectivity index (χ0v) is 15.9. The Bertz CT molecular complexity index is 528. The van der Waals surface area contributed by atoms with Gasteiger partial charge in [-0.05, 0) is 40.2 Å². The van der Waals surface area contributed by atoms with E-state index in [-0.39, 0.29) is 6.10 Å². The molecule has 1 aliphatic heterocycles. The molecule has 0 spiro atoms. The summed E-state index contributed by atoms with van der Waals surface area (Å²) in [7, 11) is 3.86. The van der Waals surface area contributed by atoms with Gasteiger partial charge in [-0.3, -0.25) is 9.88 Å². The molecular weight excluding hydrogens is 302 g/mol. The molecule has 1 atom stereocenters. The summed E-state index contributed by atoms with van der Waals surface area (Å²) < 4.78 is 5.51. The smallest absolute Gasteiger partial charge is 0.128 e. The molecule has 0 amide bonds. The lowest BCUT2D eigenvalue weighted by molar-refractivity contribution is 0.0701. The summed E-state index contributed by atoms with van der Waals surface area (Å²) in [6.07, 6.45) is 4.82. The minimum Gasteiger partial charge on any atom is -0.496 e. The second-order valence-corrected chi connectivity index (χ2v) is 7.06. The Morgan fingerprint density at radius 2 is 2.04 bits per heavy atom. The Balaban J connectivity index is 1.89. The highest BCUT2D eigenvalue weighted by Gasteiger charge is 2.24. The van der Waals surface area contributed by atoms with E-state index < -0.39 is 0 Å². The first-order valence-corrected chi connectivity index (χ1v) is 9.06. The standard InChI is InChI=1S/C19H33N3O2/c1-6-17(23)12-21(4)16-7-9-22(10-8-16)13-18-15(3)19(24-5)14(2)11-20-18/h11,16-17,23H,6-10,12-13H2,1-5H3. The number of aryl methyl sites for hydroxylation is 1. The number of pyridine rings is 1.